The number of aliphatic imine (C=N–C) groups is 1. The lowest BCUT2D eigenvalue weighted by atomic mass is 9.99. The Balaban J connectivity index is 1.88. The first-order valence-electron chi connectivity index (χ1n) is 8.88. The van der Waals surface area contributed by atoms with E-state index in [9.17, 15) is 4.79 Å². The Labute approximate surface area is 172 Å². The summed E-state index contributed by atoms with van der Waals surface area (Å²) in [4.78, 5) is 17.8. The number of aromatic amines is 1. The number of fused-ring (bicyclic) bond motifs is 1. The Morgan fingerprint density at radius 1 is 1.11 bits per heavy atom. The monoisotopic (exact) mass is 412 g/mol. The average Bonchev–Trinajstić information content (AvgIpc) is 2.93. The van der Waals surface area contributed by atoms with Crippen LogP contribution in [0.3, 0.4) is 0 Å². The molecule has 7 heteroatoms. The number of nitrogens with zero attached hydrogens (tertiary/aromatic N) is 2. The number of benzene rings is 2. The molecule has 1 aliphatic rings. The topological polar surface area (TPSA) is 70.1 Å². The van der Waals surface area contributed by atoms with Crippen molar-refractivity contribution in [3.8, 4) is 0 Å². The van der Waals surface area contributed by atoms with Crippen LogP contribution in [0, 0.1) is 13.8 Å². The highest BCUT2D eigenvalue weighted by Crippen LogP contribution is 2.30. The number of carbonyl (C=O) groups is 1. The Morgan fingerprint density at radius 2 is 1.89 bits per heavy atom. The molecular weight excluding hydrogens is 395 g/mol. The number of H-pyrrole nitrogens is 1. The standard InChI is InChI=1S/C21H18Cl2N4O/c1-11-19(12(2)27-26-11)20-15-10-14(22)7-8-17(15)25-21(28)18(24-20)9-13-5-3-4-6-16(13)23/h3-8,10,18H,9H2,1-2H3,(H,25,28)(H,26,27). The zero-order chi connectivity index (χ0) is 19.8. The summed E-state index contributed by atoms with van der Waals surface area (Å²) in [5, 5.41) is 11.5. The lowest BCUT2D eigenvalue weighted by Crippen LogP contribution is -2.27. The quantitative estimate of drug-likeness (QED) is 0.652. The van der Waals surface area contributed by atoms with Crippen LogP contribution in [0.25, 0.3) is 0 Å². The molecule has 3 aromatic rings. The number of hydrogen-bond donors (Lipinski definition) is 2. The number of hydrogen-bond acceptors (Lipinski definition) is 3. The van der Waals surface area contributed by atoms with E-state index >= 15 is 0 Å². The van der Waals surface area contributed by atoms with Crippen LogP contribution in [0.4, 0.5) is 5.69 Å². The van der Waals surface area contributed by atoms with Crippen LogP contribution in [0.5, 0.6) is 0 Å². The summed E-state index contributed by atoms with van der Waals surface area (Å²) in [6.07, 6.45) is 0.396. The molecular formula is C21H18Cl2N4O. The molecule has 0 fully saturated rings. The minimum atomic E-state index is -0.630. The van der Waals surface area contributed by atoms with Crippen molar-refractivity contribution >= 4 is 40.5 Å². The molecule has 2 heterocycles. The maximum Gasteiger partial charge on any atom is 0.249 e. The van der Waals surface area contributed by atoms with Gasteiger partial charge in [0.2, 0.25) is 5.91 Å². The number of aryl methyl sites for hydroxylation is 2. The summed E-state index contributed by atoms with van der Waals surface area (Å²) >= 11 is 12.6. The first-order valence-corrected chi connectivity index (χ1v) is 9.63. The van der Waals surface area contributed by atoms with E-state index in [4.69, 9.17) is 28.2 Å². The number of aromatic nitrogens is 2. The molecule has 0 spiro atoms. The SMILES string of the molecule is Cc1n[nH]c(C)c1C1=NC(Cc2ccccc2Cl)C(=O)Nc2ccc(Cl)cc21. The molecule has 0 radical (unpaired) electrons. The number of halogens is 2. The lowest BCUT2D eigenvalue weighted by molar-refractivity contribution is -0.117. The van der Waals surface area contributed by atoms with Crippen molar-refractivity contribution in [2.75, 3.05) is 5.32 Å². The van der Waals surface area contributed by atoms with E-state index in [-0.39, 0.29) is 5.91 Å². The molecule has 1 unspecified atom stereocenters. The van der Waals surface area contributed by atoms with Gasteiger partial charge in [-0.3, -0.25) is 14.9 Å². The number of nitrogens with one attached hydrogen (secondary N) is 2. The second-order valence-electron chi connectivity index (χ2n) is 6.78. The zero-order valence-electron chi connectivity index (χ0n) is 15.4. The van der Waals surface area contributed by atoms with Gasteiger partial charge in [0, 0.05) is 33.3 Å². The predicted molar refractivity (Wildman–Crippen MR) is 113 cm³/mol. The molecule has 0 saturated carbocycles. The van der Waals surface area contributed by atoms with Crippen molar-refractivity contribution < 1.29 is 4.79 Å². The summed E-state index contributed by atoms with van der Waals surface area (Å²) in [6, 6.07) is 12.2. The summed E-state index contributed by atoms with van der Waals surface area (Å²) in [6.45, 7) is 3.85. The largest absolute Gasteiger partial charge is 0.324 e. The molecule has 5 nitrogen and oxygen atoms in total. The van der Waals surface area contributed by atoms with E-state index in [2.05, 4.69) is 15.5 Å². The number of benzodiazepines with no additional fused rings is 1. The Hall–Kier alpha value is -2.63. The van der Waals surface area contributed by atoms with Gasteiger partial charge in [-0.25, -0.2) is 0 Å². The van der Waals surface area contributed by atoms with Gasteiger partial charge in [0.05, 0.1) is 17.1 Å². The normalized spacial score (nSPS) is 16.2. The van der Waals surface area contributed by atoms with E-state index in [0.717, 1.165) is 28.1 Å². The fraction of sp³-hybridized carbons (Fsp3) is 0.190. The first-order chi connectivity index (χ1) is 13.4. The number of carbonyl (C=O) groups excluding carboxylic acids is 1. The van der Waals surface area contributed by atoms with E-state index in [0.29, 0.717) is 27.9 Å². The van der Waals surface area contributed by atoms with Gasteiger partial charge < -0.3 is 5.32 Å². The summed E-state index contributed by atoms with van der Waals surface area (Å²) in [7, 11) is 0. The molecule has 1 atom stereocenters. The Kier molecular flexibility index (Phi) is 4.96. The smallest absolute Gasteiger partial charge is 0.249 e. The van der Waals surface area contributed by atoms with Crippen LogP contribution < -0.4 is 5.32 Å². The molecule has 142 valence electrons. The minimum Gasteiger partial charge on any atom is -0.324 e. The highest BCUT2D eigenvalue weighted by molar-refractivity contribution is 6.32. The fourth-order valence-corrected chi connectivity index (χ4v) is 3.82. The highest BCUT2D eigenvalue weighted by atomic mass is 35.5. The van der Waals surface area contributed by atoms with Crippen molar-refractivity contribution in [2.45, 2.75) is 26.3 Å². The maximum absolute atomic E-state index is 12.9. The second kappa shape index (κ2) is 7.41. The summed E-state index contributed by atoms with van der Waals surface area (Å²) < 4.78 is 0. The minimum absolute atomic E-state index is 0.183. The number of anilines is 1. The highest BCUT2D eigenvalue weighted by Gasteiger charge is 2.28. The van der Waals surface area contributed by atoms with Gasteiger partial charge in [0.25, 0.3) is 0 Å². The van der Waals surface area contributed by atoms with Gasteiger partial charge in [0.1, 0.15) is 6.04 Å². The Morgan fingerprint density at radius 3 is 2.61 bits per heavy atom. The van der Waals surface area contributed by atoms with E-state index < -0.39 is 6.04 Å². The van der Waals surface area contributed by atoms with E-state index in [1.807, 2.05) is 44.2 Å². The van der Waals surface area contributed by atoms with Crippen molar-refractivity contribution in [1.82, 2.24) is 10.2 Å². The van der Waals surface area contributed by atoms with Gasteiger partial charge in [-0.15, -0.1) is 0 Å². The van der Waals surface area contributed by atoms with Crippen LogP contribution >= 0.6 is 23.2 Å². The molecule has 4 rings (SSSR count). The maximum atomic E-state index is 12.9. The molecule has 28 heavy (non-hydrogen) atoms. The lowest BCUT2D eigenvalue weighted by Gasteiger charge is -2.12. The molecule has 0 aliphatic carbocycles. The summed E-state index contributed by atoms with van der Waals surface area (Å²) in [5.74, 6) is -0.183. The molecule has 0 bridgehead atoms. The average molecular weight is 413 g/mol. The molecule has 1 amide bonds. The predicted octanol–water partition coefficient (Wildman–Crippen LogP) is 4.73. The second-order valence-corrected chi connectivity index (χ2v) is 7.62. The third-order valence-corrected chi connectivity index (χ3v) is 5.42. The van der Waals surface area contributed by atoms with Crippen LogP contribution in [0.2, 0.25) is 10.0 Å². The number of rotatable bonds is 3. The van der Waals surface area contributed by atoms with Gasteiger partial charge in [-0.2, -0.15) is 5.10 Å². The van der Waals surface area contributed by atoms with Crippen LogP contribution in [0.15, 0.2) is 47.5 Å². The van der Waals surface area contributed by atoms with Crippen LogP contribution in [-0.2, 0) is 11.2 Å². The van der Waals surface area contributed by atoms with Gasteiger partial charge >= 0.3 is 0 Å². The molecule has 1 aromatic heterocycles. The molecule has 2 N–H and O–H groups in total. The molecule has 2 aromatic carbocycles. The molecule has 1 aliphatic heterocycles. The number of amides is 1. The van der Waals surface area contributed by atoms with Gasteiger partial charge in [0.15, 0.2) is 0 Å². The van der Waals surface area contributed by atoms with Crippen LogP contribution in [-0.4, -0.2) is 27.9 Å². The van der Waals surface area contributed by atoms with Crippen LogP contribution in [0.1, 0.15) is 28.1 Å². The Bertz CT molecular complexity index is 1080. The van der Waals surface area contributed by atoms with Crippen molar-refractivity contribution in [1.29, 1.82) is 0 Å². The third kappa shape index (κ3) is 3.43. The van der Waals surface area contributed by atoms with Crippen molar-refractivity contribution in [3.63, 3.8) is 0 Å². The van der Waals surface area contributed by atoms with Crippen molar-refractivity contribution in [2.24, 2.45) is 4.99 Å². The zero-order valence-corrected chi connectivity index (χ0v) is 16.9. The fourth-order valence-electron chi connectivity index (χ4n) is 3.43. The van der Waals surface area contributed by atoms with E-state index in [1.165, 1.54) is 0 Å². The van der Waals surface area contributed by atoms with Gasteiger partial charge in [-0.05, 0) is 43.7 Å². The van der Waals surface area contributed by atoms with E-state index in [1.54, 1.807) is 12.1 Å². The third-order valence-electron chi connectivity index (χ3n) is 4.82. The van der Waals surface area contributed by atoms with Gasteiger partial charge in [-0.1, -0.05) is 41.4 Å². The summed E-state index contributed by atoms with van der Waals surface area (Å²) in [5.41, 5.74) is 5.59. The first kappa shape index (κ1) is 18.7. The molecule has 0 saturated heterocycles. The van der Waals surface area contributed by atoms with Crippen molar-refractivity contribution in [3.05, 3.63) is 80.6 Å².